The predicted octanol–water partition coefficient (Wildman–Crippen LogP) is 3.63. The van der Waals surface area contributed by atoms with Gasteiger partial charge in [-0.2, -0.15) is 0 Å². The summed E-state index contributed by atoms with van der Waals surface area (Å²) in [6.45, 7) is 9.25. The highest BCUT2D eigenvalue weighted by Gasteiger charge is 2.15. The highest BCUT2D eigenvalue weighted by atomic mass is 16.6. The molecular weight excluding hydrogens is 188 g/mol. The molecule has 0 unspecified atom stereocenters. The van der Waals surface area contributed by atoms with Crippen LogP contribution in [0.1, 0.15) is 46.5 Å². The number of carbonyl (C=O) groups is 1. The summed E-state index contributed by atoms with van der Waals surface area (Å²) in [6, 6.07) is 0. The van der Waals surface area contributed by atoms with Gasteiger partial charge in [-0.1, -0.05) is 24.8 Å². The molecule has 0 radical (unpaired) electrons. The Labute approximate surface area is 93.0 Å². The van der Waals surface area contributed by atoms with E-state index >= 15 is 0 Å². The van der Waals surface area contributed by atoms with E-state index in [1.807, 2.05) is 26.8 Å². The van der Waals surface area contributed by atoms with Crippen molar-refractivity contribution in [2.24, 2.45) is 0 Å². The molecule has 0 bridgehead atoms. The normalized spacial score (nSPS) is 11.7. The fraction of sp³-hybridized carbons (Fsp3) is 0.615. The average Bonchev–Trinajstić information content (AvgIpc) is 2.08. The minimum Gasteiger partial charge on any atom is -0.460 e. The Kier molecular flexibility index (Phi) is 6.76. The first-order chi connectivity index (χ1) is 6.95. The van der Waals surface area contributed by atoms with Crippen LogP contribution < -0.4 is 0 Å². The minimum atomic E-state index is -0.361. The van der Waals surface area contributed by atoms with Crippen molar-refractivity contribution in [2.45, 2.75) is 52.1 Å². The Morgan fingerprint density at radius 2 is 2.00 bits per heavy atom. The molecule has 0 N–H and O–H groups in total. The zero-order valence-electron chi connectivity index (χ0n) is 10.1. The first kappa shape index (κ1) is 13.9. The molecule has 0 aliphatic rings. The Balaban J connectivity index is 3.48. The zero-order valence-corrected chi connectivity index (χ0v) is 10.1. The number of esters is 1. The molecule has 0 saturated heterocycles. The van der Waals surface area contributed by atoms with E-state index in [-0.39, 0.29) is 11.6 Å². The summed E-state index contributed by atoms with van der Waals surface area (Å²) in [4.78, 5) is 11.3. The van der Waals surface area contributed by atoms with Crippen LogP contribution in [0, 0.1) is 0 Å². The molecular formula is C13H22O2. The summed E-state index contributed by atoms with van der Waals surface area (Å²) in [5.41, 5.74) is -0.361. The van der Waals surface area contributed by atoms with Crippen molar-refractivity contribution in [2.75, 3.05) is 0 Å². The molecule has 15 heavy (non-hydrogen) atoms. The highest BCUT2D eigenvalue weighted by molar-refractivity contribution is 5.69. The highest BCUT2D eigenvalue weighted by Crippen LogP contribution is 2.10. The maximum absolute atomic E-state index is 11.3. The van der Waals surface area contributed by atoms with E-state index in [1.54, 1.807) is 6.08 Å². The van der Waals surface area contributed by atoms with Crippen LogP contribution in [-0.4, -0.2) is 11.6 Å². The molecule has 0 fully saturated rings. The number of rotatable bonds is 6. The van der Waals surface area contributed by atoms with Crippen LogP contribution in [-0.2, 0) is 9.53 Å². The van der Waals surface area contributed by atoms with Gasteiger partial charge >= 0.3 is 5.97 Å². The summed E-state index contributed by atoms with van der Waals surface area (Å²) in [6.07, 6.45) is 9.15. The Morgan fingerprint density at radius 3 is 2.53 bits per heavy atom. The van der Waals surface area contributed by atoms with Gasteiger partial charge in [-0.25, -0.2) is 0 Å². The third-order valence-electron chi connectivity index (χ3n) is 1.69. The smallest absolute Gasteiger partial charge is 0.306 e. The minimum absolute atomic E-state index is 0.102. The molecule has 0 spiro atoms. The molecule has 0 aromatic heterocycles. The predicted molar refractivity (Wildman–Crippen MR) is 63.7 cm³/mol. The lowest BCUT2D eigenvalue weighted by Gasteiger charge is -2.19. The van der Waals surface area contributed by atoms with Crippen LogP contribution in [0.3, 0.4) is 0 Å². The molecule has 0 rings (SSSR count). The molecule has 0 amide bonds. The van der Waals surface area contributed by atoms with E-state index in [9.17, 15) is 4.79 Å². The summed E-state index contributed by atoms with van der Waals surface area (Å²) >= 11 is 0. The van der Waals surface area contributed by atoms with Crippen molar-refractivity contribution in [3.05, 3.63) is 24.8 Å². The first-order valence-corrected chi connectivity index (χ1v) is 5.45. The number of ether oxygens (including phenoxy) is 1. The van der Waals surface area contributed by atoms with Crippen LogP contribution >= 0.6 is 0 Å². The topological polar surface area (TPSA) is 26.3 Å². The lowest BCUT2D eigenvalue weighted by Crippen LogP contribution is -2.23. The van der Waals surface area contributed by atoms with Gasteiger partial charge in [0.25, 0.3) is 0 Å². The fourth-order valence-electron chi connectivity index (χ4n) is 1.12. The SMILES string of the molecule is C=CC=CCCCCC(=O)OC(C)(C)C. The van der Waals surface area contributed by atoms with E-state index in [0.29, 0.717) is 6.42 Å². The molecule has 0 atom stereocenters. The van der Waals surface area contributed by atoms with Crippen LogP contribution in [0.4, 0.5) is 0 Å². The van der Waals surface area contributed by atoms with Gasteiger partial charge in [0.05, 0.1) is 0 Å². The molecule has 0 aliphatic carbocycles. The zero-order chi connectivity index (χ0) is 11.7. The van der Waals surface area contributed by atoms with E-state index in [4.69, 9.17) is 4.74 Å². The Hall–Kier alpha value is -1.05. The summed E-state index contributed by atoms with van der Waals surface area (Å²) in [7, 11) is 0. The molecule has 2 heteroatoms. The van der Waals surface area contributed by atoms with Crippen LogP contribution in [0.25, 0.3) is 0 Å². The molecule has 2 nitrogen and oxygen atoms in total. The largest absolute Gasteiger partial charge is 0.460 e. The number of hydrogen-bond acceptors (Lipinski definition) is 2. The van der Waals surface area contributed by atoms with Crippen LogP contribution in [0.15, 0.2) is 24.8 Å². The second kappa shape index (κ2) is 7.27. The standard InChI is InChI=1S/C13H22O2/c1-5-6-7-8-9-10-11-12(14)15-13(2,3)4/h5-7H,1,8-11H2,2-4H3. The average molecular weight is 210 g/mol. The van der Waals surface area contributed by atoms with Crippen molar-refractivity contribution in [3.8, 4) is 0 Å². The van der Waals surface area contributed by atoms with E-state index < -0.39 is 0 Å². The van der Waals surface area contributed by atoms with E-state index in [2.05, 4.69) is 12.7 Å². The van der Waals surface area contributed by atoms with Gasteiger partial charge in [0.2, 0.25) is 0 Å². The number of unbranched alkanes of at least 4 members (excludes halogenated alkanes) is 2. The van der Waals surface area contributed by atoms with Gasteiger partial charge < -0.3 is 4.74 Å². The van der Waals surface area contributed by atoms with Gasteiger partial charge in [-0.05, 0) is 40.0 Å². The Morgan fingerprint density at radius 1 is 1.33 bits per heavy atom. The monoisotopic (exact) mass is 210 g/mol. The lowest BCUT2D eigenvalue weighted by molar-refractivity contribution is -0.154. The number of carbonyl (C=O) groups excluding carboxylic acids is 1. The Bertz CT molecular complexity index is 221. The van der Waals surface area contributed by atoms with Crippen molar-refractivity contribution in [3.63, 3.8) is 0 Å². The molecule has 0 aromatic rings. The van der Waals surface area contributed by atoms with Gasteiger partial charge in [0.15, 0.2) is 0 Å². The van der Waals surface area contributed by atoms with Crippen molar-refractivity contribution in [1.29, 1.82) is 0 Å². The number of hydrogen-bond donors (Lipinski definition) is 0. The quantitative estimate of drug-likeness (QED) is 0.380. The number of allylic oxidation sites excluding steroid dienone is 3. The molecule has 86 valence electrons. The van der Waals surface area contributed by atoms with Gasteiger partial charge in [0.1, 0.15) is 5.60 Å². The molecule has 0 aromatic carbocycles. The van der Waals surface area contributed by atoms with Crippen molar-refractivity contribution >= 4 is 5.97 Å². The van der Waals surface area contributed by atoms with Gasteiger partial charge in [-0.3, -0.25) is 4.79 Å². The third-order valence-corrected chi connectivity index (χ3v) is 1.69. The second-order valence-electron chi connectivity index (χ2n) is 4.50. The van der Waals surface area contributed by atoms with E-state index in [1.165, 1.54) is 0 Å². The van der Waals surface area contributed by atoms with Crippen molar-refractivity contribution in [1.82, 2.24) is 0 Å². The molecule has 0 saturated carbocycles. The van der Waals surface area contributed by atoms with Gasteiger partial charge in [0, 0.05) is 6.42 Å². The van der Waals surface area contributed by atoms with Crippen molar-refractivity contribution < 1.29 is 9.53 Å². The summed E-state index contributed by atoms with van der Waals surface area (Å²) in [5.74, 6) is -0.102. The second-order valence-corrected chi connectivity index (χ2v) is 4.50. The maximum Gasteiger partial charge on any atom is 0.306 e. The molecule has 0 heterocycles. The van der Waals surface area contributed by atoms with E-state index in [0.717, 1.165) is 19.3 Å². The summed E-state index contributed by atoms with van der Waals surface area (Å²) < 4.78 is 5.19. The van der Waals surface area contributed by atoms with Gasteiger partial charge in [-0.15, -0.1) is 0 Å². The maximum atomic E-state index is 11.3. The fourth-order valence-corrected chi connectivity index (χ4v) is 1.12. The lowest BCUT2D eigenvalue weighted by atomic mass is 10.1. The third kappa shape index (κ3) is 10.9. The summed E-state index contributed by atoms with van der Waals surface area (Å²) in [5, 5.41) is 0. The van der Waals surface area contributed by atoms with Crippen LogP contribution in [0.5, 0.6) is 0 Å². The van der Waals surface area contributed by atoms with Crippen LogP contribution in [0.2, 0.25) is 0 Å². The first-order valence-electron chi connectivity index (χ1n) is 5.45. The molecule has 0 aliphatic heterocycles.